The van der Waals surface area contributed by atoms with E-state index < -0.39 is 0 Å². The molecule has 0 aliphatic carbocycles. The number of rotatable bonds is 5. The molecule has 2 heterocycles. The van der Waals surface area contributed by atoms with Crippen LogP contribution >= 0.6 is 0 Å². The Bertz CT molecular complexity index is 680. The summed E-state index contributed by atoms with van der Waals surface area (Å²) in [6.45, 7) is 4.04. The van der Waals surface area contributed by atoms with Crippen LogP contribution in [0.25, 0.3) is 11.5 Å². The third kappa shape index (κ3) is 3.38. The molecule has 3 rings (SSSR count). The molecule has 2 aromatic rings. The van der Waals surface area contributed by atoms with Gasteiger partial charge in [0.2, 0.25) is 5.89 Å². The minimum Gasteiger partial charge on any atom is -0.497 e. The molecule has 1 aromatic heterocycles. The number of oxazole rings is 1. The van der Waals surface area contributed by atoms with Crippen molar-refractivity contribution in [2.24, 2.45) is 0 Å². The number of methoxy groups -OCH3 is 1. The van der Waals surface area contributed by atoms with Crippen LogP contribution in [0, 0.1) is 12.7 Å². The monoisotopic (exact) mass is 320 g/mol. The van der Waals surface area contributed by atoms with Crippen molar-refractivity contribution in [1.29, 1.82) is 0 Å². The molecule has 1 fully saturated rings. The van der Waals surface area contributed by atoms with E-state index >= 15 is 0 Å². The van der Waals surface area contributed by atoms with Crippen molar-refractivity contribution in [3.8, 4) is 17.2 Å². The van der Waals surface area contributed by atoms with Crippen LogP contribution in [0.3, 0.4) is 0 Å². The molecule has 1 aliphatic heterocycles. The summed E-state index contributed by atoms with van der Waals surface area (Å²) in [6.07, 6.45) is 1.02. The Morgan fingerprint density at radius 1 is 1.43 bits per heavy atom. The van der Waals surface area contributed by atoms with E-state index in [0.717, 1.165) is 25.3 Å². The lowest BCUT2D eigenvalue weighted by molar-refractivity contribution is 0.155. The van der Waals surface area contributed by atoms with Crippen LogP contribution in [0.15, 0.2) is 22.6 Å². The minimum atomic E-state index is -0.379. The number of ether oxygens (including phenoxy) is 2. The van der Waals surface area contributed by atoms with Gasteiger partial charge >= 0.3 is 0 Å². The summed E-state index contributed by atoms with van der Waals surface area (Å²) in [5, 5.41) is 0. The largest absolute Gasteiger partial charge is 0.497 e. The molecule has 23 heavy (non-hydrogen) atoms. The molecular weight excluding hydrogens is 299 g/mol. The second-order valence-corrected chi connectivity index (χ2v) is 5.80. The fourth-order valence-electron chi connectivity index (χ4n) is 2.72. The zero-order valence-corrected chi connectivity index (χ0v) is 13.6. The van der Waals surface area contributed by atoms with Gasteiger partial charge < -0.3 is 13.9 Å². The van der Waals surface area contributed by atoms with Gasteiger partial charge in [-0.1, -0.05) is 0 Å². The summed E-state index contributed by atoms with van der Waals surface area (Å²) in [6, 6.07) is 4.92. The van der Waals surface area contributed by atoms with Gasteiger partial charge in [-0.15, -0.1) is 0 Å². The molecule has 0 N–H and O–H groups in total. The van der Waals surface area contributed by atoms with Crippen LogP contribution in [0.2, 0.25) is 0 Å². The summed E-state index contributed by atoms with van der Waals surface area (Å²) < 4.78 is 30.3. The molecule has 6 heteroatoms. The number of likely N-dealkylation sites (N-methyl/N-ethyl adjacent to an activating group) is 1. The Hall–Kier alpha value is -1.92. The number of hydrogen-bond acceptors (Lipinski definition) is 5. The summed E-state index contributed by atoms with van der Waals surface area (Å²) in [5.41, 5.74) is 1.13. The van der Waals surface area contributed by atoms with E-state index in [1.54, 1.807) is 19.2 Å². The third-order valence-corrected chi connectivity index (χ3v) is 4.22. The van der Waals surface area contributed by atoms with Crippen molar-refractivity contribution in [1.82, 2.24) is 9.88 Å². The molecule has 0 spiro atoms. The standard InChI is InChI=1S/C17H21FN2O3/c1-11-16(9-20(2)12-6-7-22-10-12)19-17(23-11)14-8-13(21-3)4-5-15(14)18/h4-5,8,12H,6-7,9-10H2,1-3H3. The zero-order valence-electron chi connectivity index (χ0n) is 13.6. The van der Waals surface area contributed by atoms with Gasteiger partial charge in [-0.05, 0) is 38.6 Å². The van der Waals surface area contributed by atoms with E-state index in [4.69, 9.17) is 13.9 Å². The maximum Gasteiger partial charge on any atom is 0.229 e. The van der Waals surface area contributed by atoms with E-state index in [1.165, 1.54) is 6.07 Å². The first-order chi connectivity index (χ1) is 11.1. The summed E-state index contributed by atoms with van der Waals surface area (Å²) in [5.74, 6) is 1.17. The molecule has 0 amide bonds. The number of benzene rings is 1. The molecule has 1 saturated heterocycles. The summed E-state index contributed by atoms with van der Waals surface area (Å²) >= 11 is 0. The minimum absolute atomic E-state index is 0.282. The van der Waals surface area contributed by atoms with Gasteiger partial charge in [-0.3, -0.25) is 4.90 Å². The van der Waals surface area contributed by atoms with Crippen LogP contribution < -0.4 is 4.74 Å². The smallest absolute Gasteiger partial charge is 0.229 e. The van der Waals surface area contributed by atoms with Crippen LogP contribution in [-0.2, 0) is 11.3 Å². The first kappa shape index (κ1) is 16.0. The number of aryl methyl sites for hydroxylation is 1. The molecule has 124 valence electrons. The average Bonchev–Trinajstić information content (AvgIpc) is 3.18. The Balaban J connectivity index is 1.83. The van der Waals surface area contributed by atoms with E-state index in [0.29, 0.717) is 29.7 Å². The quantitative estimate of drug-likeness (QED) is 0.847. The predicted molar refractivity (Wildman–Crippen MR) is 83.9 cm³/mol. The fraction of sp³-hybridized carbons (Fsp3) is 0.471. The van der Waals surface area contributed by atoms with Crippen molar-refractivity contribution in [2.45, 2.75) is 25.9 Å². The maximum atomic E-state index is 14.1. The first-order valence-electron chi connectivity index (χ1n) is 7.66. The summed E-state index contributed by atoms with van der Waals surface area (Å²) in [7, 11) is 3.58. The molecular formula is C17H21FN2O3. The van der Waals surface area contributed by atoms with Gasteiger partial charge in [0.1, 0.15) is 17.3 Å². The van der Waals surface area contributed by atoms with Crippen molar-refractivity contribution < 1.29 is 18.3 Å². The normalized spacial score (nSPS) is 17.9. The highest BCUT2D eigenvalue weighted by Gasteiger charge is 2.23. The molecule has 0 bridgehead atoms. The lowest BCUT2D eigenvalue weighted by atomic mass is 10.2. The van der Waals surface area contributed by atoms with Gasteiger partial charge in [-0.25, -0.2) is 9.37 Å². The summed E-state index contributed by atoms with van der Waals surface area (Å²) in [4.78, 5) is 6.68. The number of halogens is 1. The van der Waals surface area contributed by atoms with E-state index in [2.05, 4.69) is 9.88 Å². The van der Waals surface area contributed by atoms with E-state index in [1.807, 2.05) is 14.0 Å². The van der Waals surface area contributed by atoms with Gasteiger partial charge in [-0.2, -0.15) is 0 Å². The first-order valence-corrected chi connectivity index (χ1v) is 7.66. The Morgan fingerprint density at radius 3 is 2.96 bits per heavy atom. The predicted octanol–water partition coefficient (Wildman–Crippen LogP) is 3.02. The number of nitrogens with zero attached hydrogens (tertiary/aromatic N) is 2. The van der Waals surface area contributed by atoms with Crippen molar-refractivity contribution in [3.05, 3.63) is 35.5 Å². The van der Waals surface area contributed by atoms with E-state index in [-0.39, 0.29) is 11.7 Å². The van der Waals surface area contributed by atoms with Crippen LogP contribution in [0.5, 0.6) is 5.75 Å². The fourth-order valence-corrected chi connectivity index (χ4v) is 2.72. The maximum absolute atomic E-state index is 14.1. The molecule has 1 aliphatic rings. The van der Waals surface area contributed by atoms with Gasteiger partial charge in [0, 0.05) is 19.2 Å². The number of hydrogen-bond donors (Lipinski definition) is 0. The van der Waals surface area contributed by atoms with Crippen molar-refractivity contribution >= 4 is 0 Å². The SMILES string of the molecule is COc1ccc(F)c(-c2nc(CN(C)C3CCOC3)c(C)o2)c1. The van der Waals surface area contributed by atoms with Crippen LogP contribution in [0.1, 0.15) is 17.9 Å². The lowest BCUT2D eigenvalue weighted by Crippen LogP contribution is -2.31. The topological polar surface area (TPSA) is 47.7 Å². The second-order valence-electron chi connectivity index (χ2n) is 5.80. The Labute approximate surface area is 135 Å². The average molecular weight is 320 g/mol. The molecule has 1 unspecified atom stereocenters. The van der Waals surface area contributed by atoms with E-state index in [9.17, 15) is 4.39 Å². The van der Waals surface area contributed by atoms with Crippen molar-refractivity contribution in [3.63, 3.8) is 0 Å². The third-order valence-electron chi connectivity index (χ3n) is 4.22. The van der Waals surface area contributed by atoms with Crippen molar-refractivity contribution in [2.75, 3.05) is 27.4 Å². The molecule has 1 atom stereocenters. The second kappa shape index (κ2) is 6.68. The highest BCUT2D eigenvalue weighted by Crippen LogP contribution is 2.28. The number of aromatic nitrogens is 1. The Kier molecular flexibility index (Phi) is 4.63. The highest BCUT2D eigenvalue weighted by molar-refractivity contribution is 5.57. The molecule has 0 radical (unpaired) electrons. The van der Waals surface area contributed by atoms with Gasteiger partial charge in [0.15, 0.2) is 0 Å². The molecule has 0 saturated carbocycles. The van der Waals surface area contributed by atoms with Crippen LogP contribution in [0.4, 0.5) is 4.39 Å². The van der Waals surface area contributed by atoms with Crippen LogP contribution in [-0.4, -0.2) is 43.3 Å². The highest BCUT2D eigenvalue weighted by atomic mass is 19.1. The Morgan fingerprint density at radius 2 is 2.26 bits per heavy atom. The van der Waals surface area contributed by atoms with Gasteiger partial charge in [0.05, 0.1) is 25.0 Å². The van der Waals surface area contributed by atoms with Gasteiger partial charge in [0.25, 0.3) is 0 Å². The lowest BCUT2D eigenvalue weighted by Gasteiger charge is -2.21. The molecule has 1 aromatic carbocycles. The molecule has 5 nitrogen and oxygen atoms in total. The zero-order chi connectivity index (χ0) is 16.4.